The number of aromatic nitrogens is 1. The van der Waals surface area contributed by atoms with Crippen molar-refractivity contribution in [3.05, 3.63) is 34.2 Å². The second kappa shape index (κ2) is 7.57. The fourth-order valence-electron chi connectivity index (χ4n) is 2.29. The largest absolute Gasteiger partial charge is 0.496 e. The Morgan fingerprint density at radius 3 is 2.86 bits per heavy atom. The van der Waals surface area contributed by atoms with Gasteiger partial charge in [0.2, 0.25) is 0 Å². The van der Waals surface area contributed by atoms with Gasteiger partial charge in [0.1, 0.15) is 5.75 Å². The third-order valence-corrected chi connectivity index (χ3v) is 4.72. The highest BCUT2D eigenvalue weighted by atomic mass is 32.1. The minimum Gasteiger partial charge on any atom is -0.496 e. The van der Waals surface area contributed by atoms with Crippen LogP contribution in [0.1, 0.15) is 36.8 Å². The number of benzene rings is 1. The first kappa shape index (κ1) is 16.0. The van der Waals surface area contributed by atoms with Crippen LogP contribution in [0.4, 0.5) is 0 Å². The Bertz CT molecular complexity index is 580. The first-order valence-corrected chi connectivity index (χ1v) is 8.34. The molecule has 1 atom stereocenters. The Morgan fingerprint density at radius 1 is 1.38 bits per heavy atom. The van der Waals surface area contributed by atoms with E-state index in [1.54, 1.807) is 18.4 Å². The average Bonchev–Trinajstić information content (AvgIpc) is 3.00. The van der Waals surface area contributed by atoms with Gasteiger partial charge in [-0.25, -0.2) is 4.98 Å². The molecule has 2 rings (SSSR count). The van der Waals surface area contributed by atoms with E-state index < -0.39 is 0 Å². The molecule has 1 N–H and O–H groups in total. The highest BCUT2D eigenvalue weighted by Crippen LogP contribution is 2.33. The summed E-state index contributed by atoms with van der Waals surface area (Å²) in [7, 11) is 3.70. The fourth-order valence-corrected chi connectivity index (χ4v) is 3.10. The van der Waals surface area contributed by atoms with E-state index in [0.717, 1.165) is 30.8 Å². The molecule has 0 saturated heterocycles. The number of nitrogens with one attached hydrogen (secondary N) is 1. The minimum atomic E-state index is 0.488. The summed E-state index contributed by atoms with van der Waals surface area (Å²) in [5.41, 5.74) is 3.51. The molecule has 0 aliphatic heterocycles. The van der Waals surface area contributed by atoms with E-state index in [2.05, 4.69) is 42.7 Å². The molecule has 0 saturated carbocycles. The third-order valence-electron chi connectivity index (χ3n) is 3.81. The molecule has 0 aliphatic rings. The summed E-state index contributed by atoms with van der Waals surface area (Å²) in [6, 6.07) is 6.38. The van der Waals surface area contributed by atoms with Crippen molar-refractivity contribution < 1.29 is 4.74 Å². The smallest absolute Gasteiger partial charge is 0.122 e. The minimum absolute atomic E-state index is 0.488. The van der Waals surface area contributed by atoms with Crippen LogP contribution in [0.5, 0.6) is 5.75 Å². The molecule has 114 valence electrons. The monoisotopic (exact) mass is 304 g/mol. The van der Waals surface area contributed by atoms with Gasteiger partial charge in [-0.15, -0.1) is 11.3 Å². The van der Waals surface area contributed by atoms with Gasteiger partial charge >= 0.3 is 0 Å². The van der Waals surface area contributed by atoms with E-state index in [1.807, 2.05) is 7.05 Å². The van der Waals surface area contributed by atoms with Gasteiger partial charge in [-0.1, -0.05) is 13.8 Å². The van der Waals surface area contributed by atoms with Crippen LogP contribution in [0.3, 0.4) is 0 Å². The molecule has 0 fully saturated rings. The Labute approximate surface area is 131 Å². The Balaban J connectivity index is 2.29. The highest BCUT2D eigenvalue weighted by molar-refractivity contribution is 7.09. The topological polar surface area (TPSA) is 34.2 Å². The number of likely N-dealkylation sites (N-methyl/N-ethyl adjacent to an activating group) is 1. The lowest BCUT2D eigenvalue weighted by molar-refractivity contribution is 0.406. The lowest BCUT2D eigenvalue weighted by atomic mass is 9.95. The maximum absolute atomic E-state index is 5.49. The predicted octanol–water partition coefficient (Wildman–Crippen LogP) is 4.09. The zero-order valence-corrected chi connectivity index (χ0v) is 14.1. The molecule has 1 unspecified atom stereocenters. The van der Waals surface area contributed by atoms with Crippen molar-refractivity contribution in [2.45, 2.75) is 32.6 Å². The molecule has 0 radical (unpaired) electrons. The van der Waals surface area contributed by atoms with E-state index in [-0.39, 0.29) is 0 Å². The van der Waals surface area contributed by atoms with Crippen LogP contribution in [-0.2, 0) is 6.42 Å². The zero-order chi connectivity index (χ0) is 15.2. The number of hydrogen-bond donors (Lipinski definition) is 1. The van der Waals surface area contributed by atoms with Gasteiger partial charge in [0.25, 0.3) is 0 Å². The molecular weight excluding hydrogens is 280 g/mol. The summed E-state index contributed by atoms with van der Waals surface area (Å²) in [5, 5.41) is 6.49. The van der Waals surface area contributed by atoms with Crippen LogP contribution < -0.4 is 10.1 Å². The molecule has 21 heavy (non-hydrogen) atoms. The maximum Gasteiger partial charge on any atom is 0.122 e. The van der Waals surface area contributed by atoms with E-state index >= 15 is 0 Å². The summed E-state index contributed by atoms with van der Waals surface area (Å²) in [4.78, 5) is 4.74. The number of hydrogen-bond acceptors (Lipinski definition) is 4. The van der Waals surface area contributed by atoms with E-state index in [1.165, 1.54) is 16.1 Å². The average molecular weight is 304 g/mol. The lowest BCUT2D eigenvalue weighted by Gasteiger charge is -2.15. The number of thiazole rings is 1. The van der Waals surface area contributed by atoms with Gasteiger partial charge in [-0.2, -0.15) is 0 Å². The summed E-state index contributed by atoms with van der Waals surface area (Å²) in [6.07, 6.45) is 2.08. The number of rotatable bonds is 7. The summed E-state index contributed by atoms with van der Waals surface area (Å²) in [6.45, 7) is 5.41. The van der Waals surface area contributed by atoms with Crippen LogP contribution in [0, 0.1) is 0 Å². The van der Waals surface area contributed by atoms with Crippen molar-refractivity contribution in [1.82, 2.24) is 10.3 Å². The zero-order valence-electron chi connectivity index (χ0n) is 13.3. The summed E-state index contributed by atoms with van der Waals surface area (Å²) < 4.78 is 5.49. The van der Waals surface area contributed by atoms with Gasteiger partial charge in [0.05, 0.1) is 17.8 Å². The van der Waals surface area contributed by atoms with Gasteiger partial charge in [0.15, 0.2) is 0 Å². The van der Waals surface area contributed by atoms with Crippen LogP contribution in [0.2, 0.25) is 0 Å². The first-order valence-electron chi connectivity index (χ1n) is 7.46. The van der Waals surface area contributed by atoms with Crippen LogP contribution in [-0.4, -0.2) is 25.7 Å². The Morgan fingerprint density at radius 2 is 2.19 bits per heavy atom. The molecule has 0 aliphatic carbocycles. The Kier molecular flexibility index (Phi) is 5.76. The molecular formula is C17H24N2OS. The Hall–Kier alpha value is -1.39. The number of ether oxygens (including phenoxy) is 1. The van der Waals surface area contributed by atoms with Gasteiger partial charge in [0, 0.05) is 23.9 Å². The van der Waals surface area contributed by atoms with Crippen molar-refractivity contribution >= 4 is 11.3 Å². The molecule has 0 bridgehead atoms. The number of methoxy groups -OCH3 is 1. The van der Waals surface area contributed by atoms with Crippen LogP contribution in [0.25, 0.3) is 11.3 Å². The fraction of sp³-hybridized carbons (Fsp3) is 0.471. The third kappa shape index (κ3) is 3.83. The molecule has 0 amide bonds. The second-order valence-corrected chi connectivity index (χ2v) is 6.19. The van der Waals surface area contributed by atoms with Crippen molar-refractivity contribution in [3.8, 4) is 17.0 Å². The van der Waals surface area contributed by atoms with E-state index in [9.17, 15) is 0 Å². The summed E-state index contributed by atoms with van der Waals surface area (Å²) in [5.74, 6) is 1.46. The first-order chi connectivity index (χ1) is 10.2. The van der Waals surface area contributed by atoms with Crippen molar-refractivity contribution in [1.29, 1.82) is 0 Å². The normalized spacial score (nSPS) is 12.4. The van der Waals surface area contributed by atoms with E-state index in [4.69, 9.17) is 9.72 Å². The van der Waals surface area contributed by atoms with Crippen LogP contribution >= 0.6 is 11.3 Å². The van der Waals surface area contributed by atoms with Crippen LogP contribution in [0.15, 0.2) is 23.6 Å². The number of nitrogens with zero attached hydrogens (tertiary/aromatic N) is 1. The summed E-state index contributed by atoms with van der Waals surface area (Å²) >= 11 is 1.73. The maximum atomic E-state index is 5.49. The van der Waals surface area contributed by atoms with Crippen molar-refractivity contribution in [2.24, 2.45) is 0 Å². The molecule has 4 heteroatoms. The van der Waals surface area contributed by atoms with E-state index in [0.29, 0.717) is 5.92 Å². The van der Waals surface area contributed by atoms with Crippen molar-refractivity contribution in [3.63, 3.8) is 0 Å². The standard InChI is InChI=1S/C17H24N2OS/c1-5-12(2)14-10-13(6-7-16(14)20-4)15-11-21-17(19-15)8-9-18-3/h6-7,10-12,18H,5,8-9H2,1-4H3. The molecule has 1 aromatic carbocycles. The molecule has 0 spiro atoms. The molecule has 1 aromatic heterocycles. The molecule has 2 aromatic rings. The lowest BCUT2D eigenvalue weighted by Crippen LogP contribution is -2.09. The van der Waals surface area contributed by atoms with Crippen molar-refractivity contribution in [2.75, 3.05) is 20.7 Å². The predicted molar refractivity (Wildman–Crippen MR) is 90.4 cm³/mol. The molecule has 3 nitrogen and oxygen atoms in total. The quantitative estimate of drug-likeness (QED) is 0.836. The van der Waals surface area contributed by atoms with Gasteiger partial charge < -0.3 is 10.1 Å². The second-order valence-electron chi connectivity index (χ2n) is 5.25. The van der Waals surface area contributed by atoms with Gasteiger partial charge in [-0.05, 0) is 43.1 Å². The van der Waals surface area contributed by atoms with Gasteiger partial charge in [-0.3, -0.25) is 0 Å². The highest BCUT2D eigenvalue weighted by Gasteiger charge is 2.13. The SMILES string of the molecule is CCC(C)c1cc(-c2csc(CCNC)n2)ccc1OC. The molecule has 1 heterocycles.